The molecule has 1 saturated heterocycles. The second-order valence-corrected chi connectivity index (χ2v) is 4.66. The molecular formula is C10H21NO. The summed E-state index contributed by atoms with van der Waals surface area (Å²) in [6.45, 7) is 9.20. The van der Waals surface area contributed by atoms with E-state index in [1.54, 1.807) is 0 Å². The molecule has 0 amide bonds. The van der Waals surface area contributed by atoms with Gasteiger partial charge in [-0.2, -0.15) is 0 Å². The first-order valence-corrected chi connectivity index (χ1v) is 4.96. The third-order valence-corrected chi connectivity index (χ3v) is 2.34. The highest BCUT2D eigenvalue weighted by atomic mass is 16.3. The van der Waals surface area contributed by atoms with Crippen LogP contribution in [0, 0.1) is 5.92 Å². The minimum absolute atomic E-state index is 0.517. The van der Waals surface area contributed by atoms with E-state index in [2.05, 4.69) is 11.8 Å². The Morgan fingerprint density at radius 1 is 1.42 bits per heavy atom. The Kier molecular flexibility index (Phi) is 3.13. The minimum Gasteiger partial charge on any atom is -0.389 e. The Morgan fingerprint density at radius 2 is 2.00 bits per heavy atom. The van der Waals surface area contributed by atoms with Gasteiger partial charge >= 0.3 is 0 Å². The molecule has 0 bridgehead atoms. The molecule has 72 valence electrons. The number of rotatable bonds is 4. The van der Waals surface area contributed by atoms with Gasteiger partial charge in [0, 0.05) is 19.6 Å². The molecule has 0 atom stereocenters. The second-order valence-electron chi connectivity index (χ2n) is 4.66. The molecule has 0 radical (unpaired) electrons. The molecule has 0 unspecified atom stereocenters. The monoisotopic (exact) mass is 171 g/mol. The van der Waals surface area contributed by atoms with Crippen molar-refractivity contribution < 1.29 is 5.11 Å². The zero-order valence-corrected chi connectivity index (χ0v) is 8.51. The fraction of sp³-hybridized carbons (Fsp3) is 1.00. The smallest absolute Gasteiger partial charge is 0.0718 e. The van der Waals surface area contributed by atoms with Crippen LogP contribution in [-0.4, -0.2) is 35.2 Å². The van der Waals surface area contributed by atoms with Gasteiger partial charge in [0.15, 0.2) is 0 Å². The normalized spacial score (nSPS) is 21.0. The van der Waals surface area contributed by atoms with Crippen LogP contribution in [0.3, 0.4) is 0 Å². The van der Waals surface area contributed by atoms with Crippen LogP contribution < -0.4 is 0 Å². The fourth-order valence-electron chi connectivity index (χ4n) is 1.94. The van der Waals surface area contributed by atoms with Crippen LogP contribution >= 0.6 is 0 Å². The van der Waals surface area contributed by atoms with Gasteiger partial charge in [-0.25, -0.2) is 0 Å². The first-order chi connectivity index (χ1) is 5.51. The van der Waals surface area contributed by atoms with Gasteiger partial charge in [0.2, 0.25) is 0 Å². The van der Waals surface area contributed by atoms with E-state index in [-0.39, 0.29) is 0 Å². The van der Waals surface area contributed by atoms with E-state index in [4.69, 9.17) is 0 Å². The van der Waals surface area contributed by atoms with E-state index in [9.17, 15) is 5.11 Å². The average molecular weight is 171 g/mol. The standard InChI is InChI=1S/C10H21NO/c1-4-5-9-6-11(7-9)8-10(2,3)12/h9,12H,4-8H2,1-3H3. The second kappa shape index (κ2) is 3.75. The zero-order chi connectivity index (χ0) is 9.19. The van der Waals surface area contributed by atoms with E-state index >= 15 is 0 Å². The molecule has 1 heterocycles. The lowest BCUT2D eigenvalue weighted by Gasteiger charge is -2.42. The average Bonchev–Trinajstić information content (AvgIpc) is 1.80. The molecule has 0 saturated carbocycles. The number of nitrogens with zero attached hydrogens (tertiary/aromatic N) is 1. The van der Waals surface area contributed by atoms with Gasteiger partial charge in [0.1, 0.15) is 0 Å². The Balaban J connectivity index is 2.10. The Morgan fingerprint density at radius 3 is 2.42 bits per heavy atom. The first kappa shape index (κ1) is 10.0. The fourth-order valence-corrected chi connectivity index (χ4v) is 1.94. The third kappa shape index (κ3) is 3.11. The maximum atomic E-state index is 9.53. The summed E-state index contributed by atoms with van der Waals surface area (Å²) in [5.41, 5.74) is -0.517. The predicted octanol–water partition coefficient (Wildman–Crippen LogP) is 1.49. The maximum Gasteiger partial charge on any atom is 0.0718 e. The lowest BCUT2D eigenvalue weighted by molar-refractivity contribution is -0.00942. The Hall–Kier alpha value is -0.0800. The minimum atomic E-state index is -0.517. The lowest BCUT2D eigenvalue weighted by atomic mass is 9.93. The van der Waals surface area contributed by atoms with Crippen LogP contribution in [0.1, 0.15) is 33.6 Å². The Labute approximate surface area is 75.6 Å². The quantitative estimate of drug-likeness (QED) is 0.692. The molecule has 1 aliphatic heterocycles. The molecule has 0 aromatic carbocycles. The molecule has 0 aromatic heterocycles. The number of β-amino-alcohol motifs (C(OH)–C–C–N with tert-alkyl or cyclic N) is 1. The van der Waals surface area contributed by atoms with E-state index in [1.165, 1.54) is 25.9 Å². The SMILES string of the molecule is CCCC1CN(CC(C)(C)O)C1. The van der Waals surface area contributed by atoms with E-state index in [1.807, 2.05) is 13.8 Å². The highest BCUT2D eigenvalue weighted by molar-refractivity contribution is 4.83. The summed E-state index contributed by atoms with van der Waals surface area (Å²) in [4.78, 5) is 2.33. The van der Waals surface area contributed by atoms with Crippen molar-refractivity contribution in [2.75, 3.05) is 19.6 Å². The molecule has 1 N–H and O–H groups in total. The van der Waals surface area contributed by atoms with Crippen LogP contribution in [-0.2, 0) is 0 Å². The van der Waals surface area contributed by atoms with Gasteiger partial charge in [0.05, 0.1) is 5.60 Å². The van der Waals surface area contributed by atoms with Crippen molar-refractivity contribution in [3.05, 3.63) is 0 Å². The van der Waals surface area contributed by atoms with E-state index in [0.717, 1.165) is 12.5 Å². The molecule has 0 aliphatic carbocycles. The molecule has 1 rings (SSSR count). The van der Waals surface area contributed by atoms with Crippen molar-refractivity contribution in [1.29, 1.82) is 0 Å². The number of likely N-dealkylation sites (tertiary alicyclic amines) is 1. The van der Waals surface area contributed by atoms with Crippen LogP contribution in [0.15, 0.2) is 0 Å². The van der Waals surface area contributed by atoms with Crippen molar-refractivity contribution in [3.63, 3.8) is 0 Å². The third-order valence-electron chi connectivity index (χ3n) is 2.34. The summed E-state index contributed by atoms with van der Waals surface area (Å²) in [6, 6.07) is 0. The summed E-state index contributed by atoms with van der Waals surface area (Å²) in [5.74, 6) is 0.900. The first-order valence-electron chi connectivity index (χ1n) is 4.96. The summed E-state index contributed by atoms with van der Waals surface area (Å²) in [6.07, 6.45) is 2.64. The van der Waals surface area contributed by atoms with Crippen LogP contribution in [0.25, 0.3) is 0 Å². The van der Waals surface area contributed by atoms with Crippen molar-refractivity contribution in [2.24, 2.45) is 5.92 Å². The molecule has 0 aromatic rings. The molecule has 0 spiro atoms. The lowest BCUT2D eigenvalue weighted by Crippen LogP contribution is -2.51. The summed E-state index contributed by atoms with van der Waals surface area (Å²) in [5, 5.41) is 9.53. The van der Waals surface area contributed by atoms with Gasteiger partial charge in [-0.05, 0) is 26.2 Å². The molecule has 1 fully saturated rings. The molecule has 1 aliphatic rings. The highest BCUT2D eigenvalue weighted by Crippen LogP contribution is 2.21. The summed E-state index contributed by atoms with van der Waals surface area (Å²) >= 11 is 0. The molecule has 2 heteroatoms. The van der Waals surface area contributed by atoms with Gasteiger partial charge in [-0.15, -0.1) is 0 Å². The molecular weight excluding hydrogens is 150 g/mol. The van der Waals surface area contributed by atoms with E-state index < -0.39 is 5.60 Å². The topological polar surface area (TPSA) is 23.5 Å². The highest BCUT2D eigenvalue weighted by Gasteiger charge is 2.29. The molecule has 12 heavy (non-hydrogen) atoms. The largest absolute Gasteiger partial charge is 0.389 e. The van der Waals surface area contributed by atoms with Gasteiger partial charge < -0.3 is 5.11 Å². The zero-order valence-electron chi connectivity index (χ0n) is 8.51. The Bertz CT molecular complexity index is 133. The van der Waals surface area contributed by atoms with Crippen molar-refractivity contribution in [3.8, 4) is 0 Å². The number of aliphatic hydroxyl groups is 1. The van der Waals surface area contributed by atoms with Gasteiger partial charge in [-0.3, -0.25) is 4.90 Å². The number of hydrogen-bond acceptors (Lipinski definition) is 2. The predicted molar refractivity (Wildman–Crippen MR) is 51.1 cm³/mol. The van der Waals surface area contributed by atoms with Crippen LogP contribution in [0.4, 0.5) is 0 Å². The van der Waals surface area contributed by atoms with Crippen LogP contribution in [0.2, 0.25) is 0 Å². The van der Waals surface area contributed by atoms with Crippen molar-refractivity contribution in [2.45, 2.75) is 39.2 Å². The van der Waals surface area contributed by atoms with Gasteiger partial charge in [0.25, 0.3) is 0 Å². The number of hydrogen-bond donors (Lipinski definition) is 1. The maximum absolute atomic E-state index is 9.53. The molecule has 2 nitrogen and oxygen atoms in total. The van der Waals surface area contributed by atoms with Crippen LogP contribution in [0.5, 0.6) is 0 Å². The van der Waals surface area contributed by atoms with Crippen molar-refractivity contribution in [1.82, 2.24) is 4.90 Å². The van der Waals surface area contributed by atoms with Crippen molar-refractivity contribution >= 4 is 0 Å². The summed E-state index contributed by atoms with van der Waals surface area (Å²) in [7, 11) is 0. The van der Waals surface area contributed by atoms with E-state index in [0.29, 0.717) is 0 Å². The van der Waals surface area contributed by atoms with Gasteiger partial charge in [-0.1, -0.05) is 13.3 Å². The summed E-state index contributed by atoms with van der Waals surface area (Å²) < 4.78 is 0.